The Hall–Kier alpha value is -1.92. The number of carbonyl (C=O) groups is 2. The maximum absolute atomic E-state index is 13.2. The third-order valence-corrected chi connectivity index (χ3v) is 12.2. The SMILES string of the molecule is CC/C=C/C/C=C/CCCCCCCC(CC(=O)NC(CO)C(O)CCCCCCCCCCCCCCCCCC)OC(=O)CCCCC/C=C\CCCCCCCCC. The van der Waals surface area contributed by atoms with Crippen molar-refractivity contribution in [1.29, 1.82) is 0 Å². The van der Waals surface area contributed by atoms with Crippen LogP contribution in [0, 0.1) is 0 Å². The molecule has 0 fully saturated rings. The second kappa shape index (κ2) is 49.1. The molecule has 0 rings (SSSR count). The first-order valence-electron chi connectivity index (χ1n) is 26.7. The van der Waals surface area contributed by atoms with Crippen LogP contribution in [0.3, 0.4) is 0 Å². The molecule has 3 unspecified atom stereocenters. The van der Waals surface area contributed by atoms with Gasteiger partial charge in [-0.3, -0.25) is 9.59 Å². The molecule has 6 heteroatoms. The van der Waals surface area contributed by atoms with Crippen LogP contribution >= 0.6 is 0 Å². The van der Waals surface area contributed by atoms with E-state index in [1.807, 2.05) is 0 Å². The second-order valence-corrected chi connectivity index (χ2v) is 18.2. The highest BCUT2D eigenvalue weighted by atomic mass is 16.5. The van der Waals surface area contributed by atoms with Gasteiger partial charge in [-0.1, -0.05) is 224 Å². The second-order valence-electron chi connectivity index (χ2n) is 18.2. The zero-order valence-electron chi connectivity index (χ0n) is 40.8. The van der Waals surface area contributed by atoms with Gasteiger partial charge in [-0.15, -0.1) is 0 Å². The average molecular weight is 858 g/mol. The number of ether oxygens (including phenoxy) is 1. The first-order valence-corrected chi connectivity index (χ1v) is 26.7. The lowest BCUT2D eigenvalue weighted by atomic mass is 10.0. The zero-order chi connectivity index (χ0) is 44.5. The van der Waals surface area contributed by atoms with Gasteiger partial charge in [-0.05, 0) is 77.0 Å². The van der Waals surface area contributed by atoms with Gasteiger partial charge in [0.25, 0.3) is 0 Å². The van der Waals surface area contributed by atoms with Gasteiger partial charge >= 0.3 is 5.97 Å². The number of rotatable bonds is 48. The molecule has 0 aromatic rings. The van der Waals surface area contributed by atoms with Crippen molar-refractivity contribution in [2.24, 2.45) is 0 Å². The van der Waals surface area contributed by atoms with Crippen molar-refractivity contribution in [1.82, 2.24) is 5.32 Å². The first kappa shape index (κ1) is 59.1. The molecule has 0 aliphatic carbocycles. The molecule has 0 spiro atoms. The number of allylic oxidation sites excluding steroid dienone is 6. The van der Waals surface area contributed by atoms with Crippen LogP contribution in [0.5, 0.6) is 0 Å². The number of amides is 1. The van der Waals surface area contributed by atoms with E-state index in [2.05, 4.69) is 62.5 Å². The van der Waals surface area contributed by atoms with Crippen molar-refractivity contribution in [3.8, 4) is 0 Å². The van der Waals surface area contributed by atoms with Gasteiger partial charge in [-0.25, -0.2) is 0 Å². The highest BCUT2D eigenvalue weighted by molar-refractivity contribution is 5.77. The van der Waals surface area contributed by atoms with Crippen LogP contribution in [0.2, 0.25) is 0 Å². The number of esters is 1. The summed E-state index contributed by atoms with van der Waals surface area (Å²) >= 11 is 0. The Balaban J connectivity index is 4.52. The number of hydrogen-bond acceptors (Lipinski definition) is 5. The Kier molecular flexibility index (Phi) is 47.6. The molecule has 0 radical (unpaired) electrons. The lowest BCUT2D eigenvalue weighted by molar-refractivity contribution is -0.151. The summed E-state index contributed by atoms with van der Waals surface area (Å²) in [7, 11) is 0. The molecule has 3 N–H and O–H groups in total. The predicted molar refractivity (Wildman–Crippen MR) is 264 cm³/mol. The van der Waals surface area contributed by atoms with E-state index in [4.69, 9.17) is 4.74 Å². The van der Waals surface area contributed by atoms with E-state index < -0.39 is 18.2 Å². The number of aliphatic hydroxyl groups excluding tert-OH is 2. The van der Waals surface area contributed by atoms with Crippen molar-refractivity contribution in [2.45, 2.75) is 296 Å². The third kappa shape index (κ3) is 44.5. The van der Waals surface area contributed by atoms with Gasteiger partial charge in [0.05, 0.1) is 25.2 Å². The first-order chi connectivity index (χ1) is 30.0. The number of unbranched alkanes of at least 4 members (excludes halogenated alkanes) is 30. The van der Waals surface area contributed by atoms with Gasteiger partial charge < -0.3 is 20.3 Å². The Morgan fingerprint density at radius 2 is 0.885 bits per heavy atom. The van der Waals surface area contributed by atoms with E-state index in [-0.39, 0.29) is 24.9 Å². The molecule has 0 aromatic heterocycles. The van der Waals surface area contributed by atoms with E-state index in [0.717, 1.165) is 83.5 Å². The fraction of sp³-hybridized carbons (Fsp3) is 0.855. The van der Waals surface area contributed by atoms with Gasteiger partial charge in [0.15, 0.2) is 0 Å². The minimum Gasteiger partial charge on any atom is -0.462 e. The molecule has 6 nitrogen and oxygen atoms in total. The van der Waals surface area contributed by atoms with Crippen LogP contribution in [0.1, 0.15) is 278 Å². The summed E-state index contributed by atoms with van der Waals surface area (Å²) < 4.78 is 5.92. The van der Waals surface area contributed by atoms with E-state index in [1.54, 1.807) is 0 Å². The monoisotopic (exact) mass is 858 g/mol. The molecule has 0 aliphatic heterocycles. The summed E-state index contributed by atoms with van der Waals surface area (Å²) in [6.07, 6.45) is 57.8. The highest BCUT2D eigenvalue weighted by Gasteiger charge is 2.24. The third-order valence-electron chi connectivity index (χ3n) is 12.2. The number of hydrogen-bond donors (Lipinski definition) is 3. The van der Waals surface area contributed by atoms with E-state index >= 15 is 0 Å². The summed E-state index contributed by atoms with van der Waals surface area (Å²) in [6.45, 7) is 6.38. The van der Waals surface area contributed by atoms with Crippen molar-refractivity contribution in [3.05, 3.63) is 36.5 Å². The smallest absolute Gasteiger partial charge is 0.306 e. The molecule has 0 aromatic carbocycles. The molecule has 358 valence electrons. The number of carbonyl (C=O) groups excluding carboxylic acids is 2. The van der Waals surface area contributed by atoms with Crippen LogP contribution in [-0.4, -0.2) is 46.9 Å². The standard InChI is InChI=1S/C55H103NO5/c1-4-7-10-13-16-19-22-25-27-28-29-32-35-38-41-44-47-53(58)52(50-57)56-54(59)49-51(46-43-40-37-34-31-24-21-18-15-12-9-6-3)61-55(60)48-45-42-39-36-33-30-26-23-20-17-14-11-8-5-2/h9,12,18,21,30,33,51-53,57-58H,4-8,10-11,13-17,19-20,22-29,31-32,34-50H2,1-3H3,(H,56,59)/b12-9+,21-18+,33-30-. The maximum atomic E-state index is 13.2. The Labute approximate surface area is 379 Å². The lowest BCUT2D eigenvalue weighted by Gasteiger charge is -2.24. The fourth-order valence-electron chi connectivity index (χ4n) is 8.17. The van der Waals surface area contributed by atoms with E-state index in [9.17, 15) is 19.8 Å². The lowest BCUT2D eigenvalue weighted by Crippen LogP contribution is -2.46. The zero-order valence-corrected chi connectivity index (χ0v) is 40.8. The quantitative estimate of drug-likeness (QED) is 0.0322. The van der Waals surface area contributed by atoms with Crippen LogP contribution in [0.4, 0.5) is 0 Å². The van der Waals surface area contributed by atoms with Gasteiger partial charge in [0, 0.05) is 6.42 Å². The molecule has 0 heterocycles. The Morgan fingerprint density at radius 1 is 0.492 bits per heavy atom. The molecular weight excluding hydrogens is 755 g/mol. The fourth-order valence-corrected chi connectivity index (χ4v) is 8.17. The van der Waals surface area contributed by atoms with Crippen LogP contribution in [-0.2, 0) is 14.3 Å². The van der Waals surface area contributed by atoms with Crippen LogP contribution < -0.4 is 5.32 Å². The predicted octanol–water partition coefficient (Wildman–Crippen LogP) is 16.1. The Morgan fingerprint density at radius 3 is 1.34 bits per heavy atom. The maximum Gasteiger partial charge on any atom is 0.306 e. The summed E-state index contributed by atoms with van der Waals surface area (Å²) in [4.78, 5) is 26.1. The van der Waals surface area contributed by atoms with E-state index in [1.165, 1.54) is 148 Å². The molecule has 0 aliphatic rings. The largest absolute Gasteiger partial charge is 0.462 e. The summed E-state index contributed by atoms with van der Waals surface area (Å²) in [5, 5.41) is 23.8. The average Bonchev–Trinajstić information content (AvgIpc) is 3.25. The molecule has 0 saturated carbocycles. The minimum atomic E-state index is -0.792. The molecule has 0 bridgehead atoms. The van der Waals surface area contributed by atoms with Crippen LogP contribution in [0.15, 0.2) is 36.5 Å². The number of aliphatic hydroxyl groups is 2. The van der Waals surface area contributed by atoms with E-state index in [0.29, 0.717) is 19.3 Å². The molecular formula is C55H103NO5. The topological polar surface area (TPSA) is 95.9 Å². The normalized spacial score (nSPS) is 13.5. The van der Waals surface area contributed by atoms with Gasteiger partial charge in [-0.2, -0.15) is 0 Å². The highest BCUT2D eigenvalue weighted by Crippen LogP contribution is 2.18. The summed E-state index contributed by atoms with van der Waals surface area (Å²) in [5.41, 5.74) is 0. The summed E-state index contributed by atoms with van der Waals surface area (Å²) in [5.74, 6) is -0.498. The van der Waals surface area contributed by atoms with Crippen molar-refractivity contribution >= 4 is 11.9 Å². The van der Waals surface area contributed by atoms with Gasteiger partial charge in [0.2, 0.25) is 5.91 Å². The molecule has 0 saturated heterocycles. The van der Waals surface area contributed by atoms with Gasteiger partial charge in [0.1, 0.15) is 6.10 Å². The number of nitrogens with one attached hydrogen (secondary N) is 1. The molecule has 3 atom stereocenters. The Bertz CT molecular complexity index is 1010. The summed E-state index contributed by atoms with van der Waals surface area (Å²) in [6, 6.07) is -0.707. The molecule has 61 heavy (non-hydrogen) atoms. The van der Waals surface area contributed by atoms with Crippen LogP contribution in [0.25, 0.3) is 0 Å². The minimum absolute atomic E-state index is 0.0643. The molecule has 1 amide bonds. The van der Waals surface area contributed by atoms with Crippen molar-refractivity contribution in [2.75, 3.05) is 6.61 Å². The van der Waals surface area contributed by atoms with Crippen molar-refractivity contribution in [3.63, 3.8) is 0 Å². The van der Waals surface area contributed by atoms with Crippen molar-refractivity contribution < 1.29 is 24.5 Å².